The molecule has 0 bridgehead atoms. The highest BCUT2D eigenvalue weighted by Crippen LogP contribution is 2.18. The molecule has 0 spiro atoms. The number of nitrogens with two attached hydrogens (primary N) is 1. The van der Waals surface area contributed by atoms with E-state index < -0.39 is 0 Å². The molecular weight excluding hydrogens is 296 g/mol. The van der Waals surface area contributed by atoms with E-state index in [1.807, 2.05) is 19.1 Å². The molecule has 22 heavy (non-hydrogen) atoms. The third kappa shape index (κ3) is 3.45. The number of aryl methyl sites for hydroxylation is 1. The van der Waals surface area contributed by atoms with Crippen molar-refractivity contribution in [2.75, 3.05) is 31.1 Å². The Bertz CT molecular complexity index is 644. The monoisotopic (exact) mass is 316 g/mol. The predicted molar refractivity (Wildman–Crippen MR) is 89.3 cm³/mol. The second-order valence-corrected chi connectivity index (χ2v) is 6.59. The fraction of sp³-hybridized carbons (Fsp3) is 0.375. The molecule has 116 valence electrons. The van der Waals surface area contributed by atoms with Crippen LogP contribution in [0.15, 0.2) is 29.6 Å². The van der Waals surface area contributed by atoms with Gasteiger partial charge in [-0.3, -0.25) is 9.69 Å². The number of rotatable bonds is 4. The molecule has 1 saturated heterocycles. The van der Waals surface area contributed by atoms with Crippen LogP contribution >= 0.6 is 11.3 Å². The topological polar surface area (TPSA) is 62.5 Å². The van der Waals surface area contributed by atoms with Crippen molar-refractivity contribution >= 4 is 22.9 Å². The van der Waals surface area contributed by atoms with Crippen LogP contribution in [0.1, 0.15) is 21.1 Å². The Morgan fingerprint density at radius 1 is 1.23 bits per heavy atom. The summed E-state index contributed by atoms with van der Waals surface area (Å²) in [5.41, 5.74) is 8.14. The van der Waals surface area contributed by atoms with Crippen LogP contribution in [0.25, 0.3) is 0 Å². The van der Waals surface area contributed by atoms with Gasteiger partial charge in [-0.2, -0.15) is 0 Å². The molecule has 1 aromatic heterocycles. The molecular formula is C16H20N4OS. The molecule has 2 N–H and O–H groups in total. The summed E-state index contributed by atoms with van der Waals surface area (Å²) in [6, 6.07) is 7.53. The average molecular weight is 316 g/mol. The van der Waals surface area contributed by atoms with Gasteiger partial charge in [0, 0.05) is 49.4 Å². The van der Waals surface area contributed by atoms with Gasteiger partial charge in [0.25, 0.3) is 0 Å². The van der Waals surface area contributed by atoms with Gasteiger partial charge < -0.3 is 10.6 Å². The van der Waals surface area contributed by atoms with Crippen LogP contribution < -0.4 is 10.6 Å². The second kappa shape index (κ2) is 6.46. The van der Waals surface area contributed by atoms with Crippen molar-refractivity contribution in [3.63, 3.8) is 0 Å². The van der Waals surface area contributed by atoms with Crippen molar-refractivity contribution in [3.05, 3.63) is 45.9 Å². The molecule has 5 nitrogen and oxygen atoms in total. The smallest absolute Gasteiger partial charge is 0.248 e. The molecule has 0 unspecified atom stereocenters. The molecule has 0 aliphatic carbocycles. The molecule has 6 heteroatoms. The van der Waals surface area contributed by atoms with Gasteiger partial charge in [0.05, 0.1) is 10.7 Å². The van der Waals surface area contributed by atoms with Gasteiger partial charge in [-0.05, 0) is 31.2 Å². The number of hydrogen-bond donors (Lipinski definition) is 1. The zero-order valence-corrected chi connectivity index (χ0v) is 13.5. The molecule has 2 heterocycles. The number of anilines is 1. The summed E-state index contributed by atoms with van der Waals surface area (Å²) in [7, 11) is 0. The molecule has 1 aliphatic heterocycles. The molecule has 1 aromatic carbocycles. The maximum absolute atomic E-state index is 11.1. The van der Waals surface area contributed by atoms with Crippen LogP contribution in [0, 0.1) is 6.92 Å². The normalized spacial score (nSPS) is 16.0. The molecule has 0 radical (unpaired) electrons. The molecule has 3 rings (SSSR count). The third-order valence-corrected chi connectivity index (χ3v) is 4.76. The van der Waals surface area contributed by atoms with Crippen LogP contribution in [0.4, 0.5) is 5.69 Å². The first kappa shape index (κ1) is 15.0. The van der Waals surface area contributed by atoms with Crippen LogP contribution in [-0.2, 0) is 6.54 Å². The van der Waals surface area contributed by atoms with E-state index in [2.05, 4.69) is 20.2 Å². The largest absolute Gasteiger partial charge is 0.369 e. The second-order valence-electron chi connectivity index (χ2n) is 5.53. The van der Waals surface area contributed by atoms with E-state index in [4.69, 9.17) is 5.73 Å². The van der Waals surface area contributed by atoms with Crippen LogP contribution in [-0.4, -0.2) is 42.0 Å². The Morgan fingerprint density at radius 3 is 2.45 bits per heavy atom. The first-order chi connectivity index (χ1) is 10.6. The summed E-state index contributed by atoms with van der Waals surface area (Å²) >= 11 is 1.71. The Kier molecular flexibility index (Phi) is 4.40. The van der Waals surface area contributed by atoms with Gasteiger partial charge in [-0.15, -0.1) is 11.3 Å². The Morgan fingerprint density at radius 2 is 1.91 bits per heavy atom. The average Bonchev–Trinajstić information content (AvgIpc) is 2.93. The Balaban J connectivity index is 1.56. The van der Waals surface area contributed by atoms with Gasteiger partial charge in [0.15, 0.2) is 0 Å². The maximum Gasteiger partial charge on any atom is 0.248 e. The first-order valence-corrected chi connectivity index (χ1v) is 8.28. The highest BCUT2D eigenvalue weighted by molar-refractivity contribution is 7.09. The van der Waals surface area contributed by atoms with Gasteiger partial charge in [-0.1, -0.05) is 0 Å². The van der Waals surface area contributed by atoms with Gasteiger partial charge in [-0.25, -0.2) is 4.98 Å². The zero-order chi connectivity index (χ0) is 15.5. The summed E-state index contributed by atoms with van der Waals surface area (Å²) in [4.78, 5) is 20.4. The fourth-order valence-electron chi connectivity index (χ4n) is 2.71. The lowest BCUT2D eigenvalue weighted by molar-refractivity contribution is 0.100. The van der Waals surface area contributed by atoms with E-state index in [9.17, 15) is 4.79 Å². The third-order valence-electron chi connectivity index (χ3n) is 3.94. The summed E-state index contributed by atoms with van der Waals surface area (Å²) in [5.74, 6) is -0.380. The van der Waals surface area contributed by atoms with E-state index in [0.29, 0.717) is 5.56 Å². The van der Waals surface area contributed by atoms with E-state index in [1.54, 1.807) is 23.5 Å². The van der Waals surface area contributed by atoms with Crippen molar-refractivity contribution in [3.8, 4) is 0 Å². The lowest BCUT2D eigenvalue weighted by Crippen LogP contribution is -2.46. The number of nitrogens with zero attached hydrogens (tertiary/aromatic N) is 3. The number of carbonyl (C=O) groups excluding carboxylic acids is 1. The lowest BCUT2D eigenvalue weighted by Gasteiger charge is -2.35. The standard InChI is InChI=1S/C16H20N4OS/c1-12-18-14(11-22-12)10-19-6-8-20(9-7-19)15-4-2-13(3-5-15)16(17)21/h2-5,11H,6-10H2,1H3,(H2,17,21). The highest BCUT2D eigenvalue weighted by atomic mass is 32.1. The molecule has 1 amide bonds. The van der Waals surface area contributed by atoms with Gasteiger partial charge >= 0.3 is 0 Å². The first-order valence-electron chi connectivity index (χ1n) is 7.40. The minimum Gasteiger partial charge on any atom is -0.369 e. The highest BCUT2D eigenvalue weighted by Gasteiger charge is 2.18. The predicted octanol–water partition coefficient (Wildman–Crippen LogP) is 1.87. The van der Waals surface area contributed by atoms with Crippen LogP contribution in [0.3, 0.4) is 0 Å². The SMILES string of the molecule is Cc1nc(CN2CCN(c3ccc(C(N)=O)cc3)CC2)cs1. The number of hydrogen-bond acceptors (Lipinski definition) is 5. The lowest BCUT2D eigenvalue weighted by atomic mass is 10.1. The summed E-state index contributed by atoms with van der Waals surface area (Å²) in [6.45, 7) is 6.99. The number of aromatic nitrogens is 1. The van der Waals surface area contributed by atoms with Gasteiger partial charge in [0.2, 0.25) is 5.91 Å². The number of carbonyl (C=O) groups is 1. The number of benzene rings is 1. The zero-order valence-electron chi connectivity index (χ0n) is 12.7. The quantitative estimate of drug-likeness (QED) is 0.935. The van der Waals surface area contributed by atoms with E-state index in [1.165, 1.54) is 5.69 Å². The van der Waals surface area contributed by atoms with Crippen molar-refractivity contribution in [2.24, 2.45) is 5.73 Å². The fourth-order valence-corrected chi connectivity index (χ4v) is 3.31. The van der Waals surface area contributed by atoms with Gasteiger partial charge in [0.1, 0.15) is 0 Å². The molecule has 0 atom stereocenters. The van der Waals surface area contributed by atoms with Crippen LogP contribution in [0.5, 0.6) is 0 Å². The maximum atomic E-state index is 11.1. The molecule has 1 fully saturated rings. The molecule has 0 saturated carbocycles. The van der Waals surface area contributed by atoms with E-state index in [0.717, 1.165) is 43.4 Å². The van der Waals surface area contributed by atoms with Crippen molar-refractivity contribution < 1.29 is 4.79 Å². The Hall–Kier alpha value is -1.92. The van der Waals surface area contributed by atoms with Crippen molar-refractivity contribution in [1.82, 2.24) is 9.88 Å². The summed E-state index contributed by atoms with van der Waals surface area (Å²) in [5, 5.41) is 3.27. The van der Waals surface area contributed by atoms with E-state index >= 15 is 0 Å². The molecule has 2 aromatic rings. The Labute approximate surface area is 134 Å². The number of thiazole rings is 1. The van der Waals surface area contributed by atoms with Crippen LogP contribution in [0.2, 0.25) is 0 Å². The summed E-state index contributed by atoms with van der Waals surface area (Å²) in [6.07, 6.45) is 0. The minimum absolute atomic E-state index is 0.380. The molecule has 1 aliphatic rings. The number of piperazine rings is 1. The summed E-state index contributed by atoms with van der Waals surface area (Å²) < 4.78 is 0. The van der Waals surface area contributed by atoms with Crippen molar-refractivity contribution in [1.29, 1.82) is 0 Å². The van der Waals surface area contributed by atoms with Crippen molar-refractivity contribution in [2.45, 2.75) is 13.5 Å². The minimum atomic E-state index is -0.380. The number of amides is 1. The number of primary amides is 1. The van der Waals surface area contributed by atoms with E-state index in [-0.39, 0.29) is 5.91 Å².